The third-order valence-electron chi connectivity index (χ3n) is 3.44. The number of carboxylic acids is 1. The second-order valence-corrected chi connectivity index (χ2v) is 5.07. The lowest BCUT2D eigenvalue weighted by atomic mass is 9.99. The number of carboxylic acid groups (broad SMARTS) is 1. The predicted octanol–water partition coefficient (Wildman–Crippen LogP) is 2.05. The maximum Gasteiger partial charge on any atom is 0.329 e. The Morgan fingerprint density at radius 1 is 1.30 bits per heavy atom. The van der Waals surface area contributed by atoms with Gasteiger partial charge in [0, 0.05) is 0 Å². The monoisotopic (exact) mass is 279 g/mol. The summed E-state index contributed by atoms with van der Waals surface area (Å²) in [6.07, 6.45) is 0.303. The summed E-state index contributed by atoms with van der Waals surface area (Å²) in [4.78, 5) is 22.8. The van der Waals surface area contributed by atoms with E-state index in [0.717, 1.165) is 11.1 Å². The number of benzene rings is 1. The molecule has 110 valence electrons. The number of rotatable bonds is 6. The highest BCUT2D eigenvalue weighted by atomic mass is 16.5. The molecule has 0 aliphatic rings. The molecule has 0 bridgehead atoms. The summed E-state index contributed by atoms with van der Waals surface area (Å²) >= 11 is 0. The summed E-state index contributed by atoms with van der Waals surface area (Å²) in [5.41, 5.74) is 0.960. The van der Waals surface area contributed by atoms with E-state index < -0.39 is 17.4 Å². The largest absolute Gasteiger partial charge is 0.484 e. The summed E-state index contributed by atoms with van der Waals surface area (Å²) < 4.78 is 5.37. The molecule has 1 atom stereocenters. The van der Waals surface area contributed by atoms with Crippen LogP contribution in [0.5, 0.6) is 5.75 Å². The number of aliphatic carboxylic acids is 1. The maximum absolute atomic E-state index is 11.7. The molecule has 1 amide bonds. The zero-order valence-electron chi connectivity index (χ0n) is 12.3. The first kappa shape index (κ1) is 16.0. The van der Waals surface area contributed by atoms with E-state index in [9.17, 15) is 9.59 Å². The molecule has 1 rings (SSSR count). The van der Waals surface area contributed by atoms with Gasteiger partial charge in [-0.25, -0.2) is 4.79 Å². The molecular weight excluding hydrogens is 258 g/mol. The van der Waals surface area contributed by atoms with Crippen molar-refractivity contribution in [1.29, 1.82) is 0 Å². The maximum atomic E-state index is 11.7. The first-order valence-electron chi connectivity index (χ1n) is 6.53. The van der Waals surface area contributed by atoms with Crippen LogP contribution in [0.3, 0.4) is 0 Å². The summed E-state index contributed by atoms with van der Waals surface area (Å²) in [5, 5.41) is 11.6. The predicted molar refractivity (Wildman–Crippen MR) is 75.9 cm³/mol. The van der Waals surface area contributed by atoms with E-state index in [1.165, 1.54) is 6.92 Å². The number of ether oxygens (including phenoxy) is 1. The van der Waals surface area contributed by atoms with Crippen molar-refractivity contribution < 1.29 is 19.4 Å². The standard InChI is InChI=1S/C15H21NO4/c1-5-15(4,14(18)19)16-13(17)9-20-12-7-6-10(2)11(3)8-12/h6-8H,5,9H2,1-4H3,(H,16,17)(H,18,19). The molecule has 0 aromatic heterocycles. The van der Waals surface area contributed by atoms with E-state index >= 15 is 0 Å². The van der Waals surface area contributed by atoms with Crippen LogP contribution in [0, 0.1) is 13.8 Å². The number of hydrogen-bond donors (Lipinski definition) is 2. The van der Waals surface area contributed by atoms with Crippen LogP contribution in [-0.2, 0) is 9.59 Å². The Morgan fingerprint density at radius 2 is 1.95 bits per heavy atom. The van der Waals surface area contributed by atoms with Gasteiger partial charge in [-0.1, -0.05) is 13.0 Å². The number of hydrogen-bond acceptors (Lipinski definition) is 3. The fourth-order valence-electron chi connectivity index (χ4n) is 1.59. The zero-order chi connectivity index (χ0) is 15.3. The van der Waals surface area contributed by atoms with Gasteiger partial charge in [0.1, 0.15) is 11.3 Å². The van der Waals surface area contributed by atoms with Crippen LogP contribution >= 0.6 is 0 Å². The lowest BCUT2D eigenvalue weighted by Crippen LogP contribution is -2.53. The van der Waals surface area contributed by atoms with Crippen molar-refractivity contribution >= 4 is 11.9 Å². The fraction of sp³-hybridized carbons (Fsp3) is 0.467. The van der Waals surface area contributed by atoms with Crippen LogP contribution < -0.4 is 10.1 Å². The highest BCUT2D eigenvalue weighted by Crippen LogP contribution is 2.16. The Hall–Kier alpha value is -2.04. The Balaban J connectivity index is 2.59. The van der Waals surface area contributed by atoms with Crippen molar-refractivity contribution in [2.75, 3.05) is 6.61 Å². The minimum atomic E-state index is -1.26. The third-order valence-corrected chi connectivity index (χ3v) is 3.44. The minimum Gasteiger partial charge on any atom is -0.484 e. The molecule has 0 fully saturated rings. The van der Waals surface area contributed by atoms with Gasteiger partial charge in [-0.05, 0) is 50.5 Å². The number of aryl methyl sites for hydroxylation is 2. The molecule has 0 aliphatic carbocycles. The second-order valence-electron chi connectivity index (χ2n) is 5.07. The Kier molecular flexibility index (Phi) is 5.13. The molecule has 0 spiro atoms. The molecule has 5 heteroatoms. The molecule has 1 aromatic carbocycles. The van der Waals surface area contributed by atoms with Gasteiger partial charge in [0.2, 0.25) is 0 Å². The smallest absolute Gasteiger partial charge is 0.329 e. The van der Waals surface area contributed by atoms with Gasteiger partial charge < -0.3 is 15.2 Å². The van der Waals surface area contributed by atoms with Gasteiger partial charge >= 0.3 is 5.97 Å². The lowest BCUT2D eigenvalue weighted by Gasteiger charge is -2.24. The topological polar surface area (TPSA) is 75.6 Å². The number of carbonyl (C=O) groups is 2. The number of carbonyl (C=O) groups excluding carboxylic acids is 1. The van der Waals surface area contributed by atoms with Crippen molar-refractivity contribution in [1.82, 2.24) is 5.32 Å². The lowest BCUT2D eigenvalue weighted by molar-refractivity contribution is -0.147. The van der Waals surface area contributed by atoms with E-state index in [1.807, 2.05) is 26.0 Å². The molecule has 0 aliphatic heterocycles. The molecule has 1 aromatic rings. The Labute approximate surface area is 118 Å². The van der Waals surface area contributed by atoms with Crippen LogP contribution in [-0.4, -0.2) is 29.1 Å². The Bertz CT molecular complexity index is 513. The van der Waals surface area contributed by atoms with Crippen molar-refractivity contribution in [3.8, 4) is 5.75 Å². The quantitative estimate of drug-likeness (QED) is 0.835. The van der Waals surface area contributed by atoms with Gasteiger partial charge in [-0.15, -0.1) is 0 Å². The average Bonchev–Trinajstić information content (AvgIpc) is 2.39. The van der Waals surface area contributed by atoms with Crippen LogP contribution in [0.15, 0.2) is 18.2 Å². The van der Waals surface area contributed by atoms with Gasteiger partial charge in [-0.2, -0.15) is 0 Å². The molecular formula is C15H21NO4. The normalized spacial score (nSPS) is 13.4. The van der Waals surface area contributed by atoms with Crippen molar-refractivity contribution in [2.24, 2.45) is 0 Å². The Morgan fingerprint density at radius 3 is 2.45 bits per heavy atom. The van der Waals surface area contributed by atoms with Crippen LogP contribution in [0.4, 0.5) is 0 Å². The van der Waals surface area contributed by atoms with Gasteiger partial charge in [0.25, 0.3) is 5.91 Å². The highest BCUT2D eigenvalue weighted by molar-refractivity contribution is 5.87. The molecule has 0 saturated carbocycles. The van der Waals surface area contributed by atoms with E-state index in [2.05, 4.69) is 5.32 Å². The van der Waals surface area contributed by atoms with E-state index in [-0.39, 0.29) is 6.61 Å². The van der Waals surface area contributed by atoms with Gasteiger partial charge in [0.05, 0.1) is 0 Å². The van der Waals surface area contributed by atoms with Crippen molar-refractivity contribution in [3.63, 3.8) is 0 Å². The second kappa shape index (κ2) is 6.41. The summed E-state index contributed by atoms with van der Waals surface area (Å²) in [5.74, 6) is -0.911. The molecule has 5 nitrogen and oxygen atoms in total. The highest BCUT2D eigenvalue weighted by Gasteiger charge is 2.32. The molecule has 0 saturated heterocycles. The zero-order valence-corrected chi connectivity index (χ0v) is 12.3. The van der Waals surface area contributed by atoms with Crippen molar-refractivity contribution in [3.05, 3.63) is 29.3 Å². The first-order valence-corrected chi connectivity index (χ1v) is 6.53. The molecule has 2 N–H and O–H groups in total. The van der Waals surface area contributed by atoms with Gasteiger partial charge in [-0.3, -0.25) is 4.79 Å². The number of nitrogens with one attached hydrogen (secondary N) is 1. The van der Waals surface area contributed by atoms with Crippen LogP contribution in [0.1, 0.15) is 31.4 Å². The van der Waals surface area contributed by atoms with E-state index in [4.69, 9.17) is 9.84 Å². The third kappa shape index (κ3) is 3.98. The number of amides is 1. The first-order chi connectivity index (χ1) is 9.28. The van der Waals surface area contributed by atoms with Gasteiger partial charge in [0.15, 0.2) is 6.61 Å². The fourth-order valence-corrected chi connectivity index (χ4v) is 1.59. The summed E-state index contributed by atoms with van der Waals surface area (Å²) in [6, 6.07) is 5.54. The molecule has 20 heavy (non-hydrogen) atoms. The average molecular weight is 279 g/mol. The van der Waals surface area contributed by atoms with E-state index in [1.54, 1.807) is 13.0 Å². The van der Waals surface area contributed by atoms with Crippen LogP contribution in [0.25, 0.3) is 0 Å². The summed E-state index contributed by atoms with van der Waals surface area (Å²) in [7, 11) is 0. The molecule has 0 heterocycles. The minimum absolute atomic E-state index is 0.203. The molecule has 0 radical (unpaired) electrons. The SMILES string of the molecule is CCC(C)(NC(=O)COc1ccc(C)c(C)c1)C(=O)O. The molecule has 1 unspecified atom stereocenters. The van der Waals surface area contributed by atoms with E-state index in [0.29, 0.717) is 12.2 Å². The summed E-state index contributed by atoms with van der Waals surface area (Å²) in [6.45, 7) is 6.93. The van der Waals surface area contributed by atoms with Crippen molar-refractivity contribution in [2.45, 2.75) is 39.7 Å². The van der Waals surface area contributed by atoms with Crippen LogP contribution in [0.2, 0.25) is 0 Å².